The monoisotopic (exact) mass is 200 g/mol. The minimum Gasteiger partial charge on any atom is -0.352 e. The van der Waals surface area contributed by atoms with Gasteiger partial charge in [0.05, 0.1) is 12.1 Å². The Kier molecular flexibility index (Phi) is 3.55. The topological polar surface area (TPSA) is 110 Å². The second-order valence-corrected chi connectivity index (χ2v) is 3.51. The van der Waals surface area contributed by atoms with Crippen molar-refractivity contribution in [1.29, 1.82) is 0 Å². The zero-order chi connectivity index (χ0) is 10.6. The van der Waals surface area contributed by atoms with E-state index in [9.17, 15) is 9.59 Å². The lowest BCUT2D eigenvalue weighted by atomic mass is 9.90. The molecule has 0 aliphatic heterocycles. The Bertz CT molecular complexity index is 207. The summed E-state index contributed by atoms with van der Waals surface area (Å²) in [5.41, 5.74) is 10.0. The highest BCUT2D eigenvalue weighted by Crippen LogP contribution is 2.18. The van der Waals surface area contributed by atoms with Gasteiger partial charge in [0.2, 0.25) is 0 Å². The molecule has 4 amide bonds. The van der Waals surface area contributed by atoms with Crippen LogP contribution in [0.2, 0.25) is 0 Å². The zero-order valence-electron chi connectivity index (χ0n) is 7.95. The van der Waals surface area contributed by atoms with Crippen LogP contribution in [-0.2, 0) is 0 Å². The Morgan fingerprint density at radius 1 is 0.929 bits per heavy atom. The molecule has 1 fully saturated rings. The fourth-order valence-electron chi connectivity index (χ4n) is 1.84. The van der Waals surface area contributed by atoms with E-state index in [0.29, 0.717) is 0 Å². The second kappa shape index (κ2) is 4.69. The first kappa shape index (κ1) is 10.6. The van der Waals surface area contributed by atoms with Crippen LogP contribution in [0.15, 0.2) is 0 Å². The fraction of sp³-hybridized carbons (Fsp3) is 0.750. The number of primary amides is 2. The molecule has 0 aromatic heterocycles. The van der Waals surface area contributed by atoms with E-state index in [2.05, 4.69) is 10.6 Å². The largest absolute Gasteiger partial charge is 0.352 e. The van der Waals surface area contributed by atoms with Crippen molar-refractivity contribution in [3.05, 3.63) is 0 Å². The molecule has 6 heteroatoms. The van der Waals surface area contributed by atoms with Gasteiger partial charge in [-0.2, -0.15) is 0 Å². The predicted octanol–water partition coefficient (Wildman–Crippen LogP) is -0.366. The molecule has 1 aliphatic carbocycles. The molecule has 6 nitrogen and oxygen atoms in total. The molecular formula is C8H16N4O2. The third kappa shape index (κ3) is 3.12. The number of rotatable bonds is 2. The van der Waals surface area contributed by atoms with Gasteiger partial charge in [0, 0.05) is 0 Å². The fourth-order valence-corrected chi connectivity index (χ4v) is 1.84. The molecule has 14 heavy (non-hydrogen) atoms. The van der Waals surface area contributed by atoms with Gasteiger partial charge >= 0.3 is 12.1 Å². The number of carbonyl (C=O) groups excluding carboxylic acids is 2. The van der Waals surface area contributed by atoms with Gasteiger partial charge in [-0.25, -0.2) is 9.59 Å². The number of hydrogen-bond acceptors (Lipinski definition) is 2. The Labute approximate surface area is 82.4 Å². The number of urea groups is 2. The molecule has 0 unspecified atom stereocenters. The maximum absolute atomic E-state index is 10.7. The molecule has 1 rings (SSSR count). The molecule has 1 saturated carbocycles. The van der Waals surface area contributed by atoms with Gasteiger partial charge in [-0.05, 0) is 12.8 Å². The van der Waals surface area contributed by atoms with Crippen LogP contribution in [0.4, 0.5) is 9.59 Å². The molecule has 0 aromatic rings. The molecule has 0 bridgehead atoms. The lowest BCUT2D eigenvalue weighted by Gasteiger charge is -2.31. The average molecular weight is 200 g/mol. The van der Waals surface area contributed by atoms with Crippen molar-refractivity contribution in [3.63, 3.8) is 0 Å². The third-order valence-corrected chi connectivity index (χ3v) is 2.42. The van der Waals surface area contributed by atoms with E-state index in [-0.39, 0.29) is 12.1 Å². The Balaban J connectivity index is 2.49. The first-order valence-electron chi connectivity index (χ1n) is 4.71. The number of hydrogen-bond donors (Lipinski definition) is 4. The van der Waals surface area contributed by atoms with E-state index >= 15 is 0 Å². The maximum Gasteiger partial charge on any atom is 0.312 e. The van der Waals surface area contributed by atoms with Gasteiger partial charge in [0.15, 0.2) is 0 Å². The van der Waals surface area contributed by atoms with Crippen molar-refractivity contribution in [2.45, 2.75) is 37.8 Å². The highest BCUT2D eigenvalue weighted by Gasteiger charge is 2.26. The highest BCUT2D eigenvalue weighted by molar-refractivity contribution is 5.73. The molecule has 0 heterocycles. The van der Waals surface area contributed by atoms with E-state index in [4.69, 9.17) is 11.5 Å². The molecule has 0 saturated heterocycles. The number of amides is 4. The number of nitrogens with one attached hydrogen (secondary N) is 2. The first-order valence-corrected chi connectivity index (χ1v) is 4.71. The highest BCUT2D eigenvalue weighted by atomic mass is 16.2. The quantitative estimate of drug-likeness (QED) is 0.488. The standard InChI is InChI=1S/C8H16N4O2/c9-7(13)11-5-3-1-2-4-6(5)12-8(10)14/h5-6H,1-4H2,(H3,9,11,13)(H3,10,12,14)/t5-,6-/m1/s1. The van der Waals surface area contributed by atoms with E-state index < -0.39 is 12.1 Å². The lowest BCUT2D eigenvalue weighted by molar-refractivity contribution is 0.222. The van der Waals surface area contributed by atoms with Gasteiger partial charge in [-0.3, -0.25) is 0 Å². The van der Waals surface area contributed by atoms with E-state index in [1.807, 2.05) is 0 Å². The first-order chi connectivity index (χ1) is 6.59. The minimum atomic E-state index is -0.562. The van der Waals surface area contributed by atoms with Crippen molar-refractivity contribution in [2.24, 2.45) is 11.5 Å². The maximum atomic E-state index is 10.7. The van der Waals surface area contributed by atoms with Crippen LogP contribution in [0, 0.1) is 0 Å². The summed E-state index contributed by atoms with van der Waals surface area (Å²) in [7, 11) is 0. The van der Waals surface area contributed by atoms with Gasteiger partial charge in [-0.15, -0.1) is 0 Å². The van der Waals surface area contributed by atoms with Crippen LogP contribution in [0.3, 0.4) is 0 Å². The zero-order valence-corrected chi connectivity index (χ0v) is 7.95. The van der Waals surface area contributed by atoms with Gasteiger partial charge in [0.1, 0.15) is 0 Å². The summed E-state index contributed by atoms with van der Waals surface area (Å²) in [6, 6.07) is -1.30. The molecule has 6 N–H and O–H groups in total. The summed E-state index contributed by atoms with van der Waals surface area (Å²) >= 11 is 0. The third-order valence-electron chi connectivity index (χ3n) is 2.42. The summed E-state index contributed by atoms with van der Waals surface area (Å²) in [6.45, 7) is 0. The Morgan fingerprint density at radius 2 is 1.29 bits per heavy atom. The lowest BCUT2D eigenvalue weighted by Crippen LogP contribution is -2.55. The van der Waals surface area contributed by atoms with E-state index in [1.54, 1.807) is 0 Å². The van der Waals surface area contributed by atoms with Crippen molar-refractivity contribution >= 4 is 12.1 Å². The Morgan fingerprint density at radius 3 is 1.57 bits per heavy atom. The van der Waals surface area contributed by atoms with Gasteiger partial charge in [-0.1, -0.05) is 12.8 Å². The second-order valence-electron chi connectivity index (χ2n) is 3.51. The van der Waals surface area contributed by atoms with Gasteiger partial charge < -0.3 is 22.1 Å². The number of carbonyl (C=O) groups is 2. The summed E-state index contributed by atoms with van der Waals surface area (Å²) in [5.74, 6) is 0. The van der Waals surface area contributed by atoms with Crippen molar-refractivity contribution < 1.29 is 9.59 Å². The summed E-state index contributed by atoms with van der Waals surface area (Å²) < 4.78 is 0. The molecule has 1 aliphatic rings. The SMILES string of the molecule is NC(=O)N[C@@H]1CCCC[C@H]1NC(N)=O. The van der Waals surface area contributed by atoms with Crippen molar-refractivity contribution in [1.82, 2.24) is 10.6 Å². The predicted molar refractivity (Wildman–Crippen MR) is 51.5 cm³/mol. The van der Waals surface area contributed by atoms with E-state index in [0.717, 1.165) is 25.7 Å². The van der Waals surface area contributed by atoms with Crippen LogP contribution >= 0.6 is 0 Å². The molecule has 0 radical (unpaired) electrons. The Hall–Kier alpha value is -1.46. The summed E-state index contributed by atoms with van der Waals surface area (Å²) in [4.78, 5) is 21.3. The van der Waals surface area contributed by atoms with Gasteiger partial charge in [0.25, 0.3) is 0 Å². The van der Waals surface area contributed by atoms with E-state index in [1.165, 1.54) is 0 Å². The summed E-state index contributed by atoms with van der Waals surface area (Å²) in [5, 5.41) is 5.21. The smallest absolute Gasteiger partial charge is 0.312 e. The normalized spacial score (nSPS) is 26.6. The molecule has 0 aromatic carbocycles. The van der Waals surface area contributed by atoms with Crippen molar-refractivity contribution in [3.8, 4) is 0 Å². The molecule has 2 atom stereocenters. The van der Waals surface area contributed by atoms with Crippen LogP contribution < -0.4 is 22.1 Å². The molecular weight excluding hydrogens is 184 g/mol. The van der Waals surface area contributed by atoms with Crippen molar-refractivity contribution in [2.75, 3.05) is 0 Å². The average Bonchev–Trinajstić information content (AvgIpc) is 2.06. The van der Waals surface area contributed by atoms with Crippen LogP contribution in [-0.4, -0.2) is 24.1 Å². The van der Waals surface area contributed by atoms with Crippen LogP contribution in [0.25, 0.3) is 0 Å². The van der Waals surface area contributed by atoms with Crippen LogP contribution in [0.1, 0.15) is 25.7 Å². The number of nitrogens with two attached hydrogens (primary N) is 2. The molecule has 80 valence electrons. The summed E-state index contributed by atoms with van der Waals surface area (Å²) in [6.07, 6.45) is 3.71. The molecule has 0 spiro atoms. The van der Waals surface area contributed by atoms with Crippen LogP contribution in [0.5, 0.6) is 0 Å². The minimum absolute atomic E-state index is 0.0891.